The molecular weight excluding hydrogens is 873 g/mol. The highest BCUT2D eigenvalue weighted by Gasteiger charge is 2.45. The van der Waals surface area contributed by atoms with Crippen molar-refractivity contribution in [3.63, 3.8) is 0 Å². The fourth-order valence-electron chi connectivity index (χ4n) is 8.31. The second-order valence-electron chi connectivity index (χ2n) is 15.9. The zero-order chi connectivity index (χ0) is 45.1. The summed E-state index contributed by atoms with van der Waals surface area (Å²) in [6.07, 6.45) is 10.6. The molecule has 0 aliphatic carbocycles. The summed E-state index contributed by atoms with van der Waals surface area (Å²) in [7, 11) is -19.1. The molecule has 16 nitrogen and oxygen atoms in total. The molecule has 4 aromatic carbocycles. The van der Waals surface area contributed by atoms with E-state index in [4.69, 9.17) is 5.11 Å². The molecule has 2 heterocycles. The molecule has 2 aliphatic heterocycles. The van der Waals surface area contributed by atoms with Crippen LogP contribution in [-0.4, -0.2) is 75.5 Å². The van der Waals surface area contributed by atoms with Crippen molar-refractivity contribution in [2.75, 3.05) is 16.3 Å². The molecular formula is C41H44N2O14S4. The maximum Gasteiger partial charge on any atom is 0.303 e. The Bertz CT molecular complexity index is 3010. The molecule has 1 atom stereocenters. The molecule has 0 radical (unpaired) electrons. The van der Waals surface area contributed by atoms with Crippen LogP contribution in [0.1, 0.15) is 64.5 Å². The molecule has 0 spiro atoms. The lowest BCUT2D eigenvalue weighted by atomic mass is 9.80. The van der Waals surface area contributed by atoms with Gasteiger partial charge in [-0.2, -0.15) is 33.7 Å². The molecule has 0 amide bonds. The lowest BCUT2D eigenvalue weighted by Crippen LogP contribution is -2.40. The highest BCUT2D eigenvalue weighted by Crippen LogP contribution is 2.55. The van der Waals surface area contributed by atoms with Crippen molar-refractivity contribution in [3.8, 4) is 0 Å². The van der Waals surface area contributed by atoms with Crippen LogP contribution in [0.3, 0.4) is 0 Å². The van der Waals surface area contributed by atoms with Crippen LogP contribution < -0.4 is 9.80 Å². The van der Waals surface area contributed by atoms with Crippen LogP contribution in [0.2, 0.25) is 0 Å². The van der Waals surface area contributed by atoms with Gasteiger partial charge in [0.1, 0.15) is 4.90 Å². The van der Waals surface area contributed by atoms with Gasteiger partial charge >= 0.3 is 5.97 Å². The number of rotatable bonds is 14. The average molecular weight is 917 g/mol. The summed E-state index contributed by atoms with van der Waals surface area (Å²) < 4.78 is 138. The molecule has 5 N–H and O–H groups in total. The van der Waals surface area contributed by atoms with Gasteiger partial charge < -0.3 is 14.9 Å². The Morgan fingerprint density at radius 3 is 1.92 bits per heavy atom. The molecule has 1 unspecified atom stereocenters. The molecule has 0 fully saturated rings. The number of fused-ring (bicyclic) bond motifs is 4. The van der Waals surface area contributed by atoms with Crippen LogP contribution in [0.15, 0.2) is 122 Å². The summed E-state index contributed by atoms with van der Waals surface area (Å²) in [6, 6.07) is 13.8. The Hall–Kier alpha value is -4.93. The predicted molar refractivity (Wildman–Crippen MR) is 228 cm³/mol. The molecule has 2 aliphatic rings. The first-order valence-corrected chi connectivity index (χ1v) is 24.5. The first kappa shape index (κ1) is 45.6. The summed E-state index contributed by atoms with van der Waals surface area (Å²) in [5.74, 6) is -0.891. The zero-order valence-corrected chi connectivity index (χ0v) is 36.6. The average Bonchev–Trinajstić information content (AvgIpc) is 3.50. The van der Waals surface area contributed by atoms with Crippen LogP contribution in [0, 0.1) is 0 Å². The van der Waals surface area contributed by atoms with Gasteiger partial charge in [-0.05, 0) is 90.0 Å². The maximum absolute atomic E-state index is 12.9. The number of carboxylic acid groups (broad SMARTS) is 1. The second kappa shape index (κ2) is 16.1. The SMILES string of the molecule is CC1(C)\C(=C/C=C/C=C/C2N(CCCCCC(=O)O)c3ccc(S(=O)(=O)O)cc3C2(C)C)N(c2cccc(S(=O)(=O)O)c2)c2cc(S(=O)(=O)O)c3cc(S(=O)(=O)O)ccc3c21. The molecule has 326 valence electrons. The number of nitrogens with zero attached hydrogens (tertiary/aromatic N) is 2. The minimum absolute atomic E-state index is 0.0294. The summed E-state index contributed by atoms with van der Waals surface area (Å²) in [5.41, 5.74) is 0.990. The quantitative estimate of drug-likeness (QED) is 0.0481. The van der Waals surface area contributed by atoms with Gasteiger partial charge in [-0.1, -0.05) is 70.6 Å². The fourth-order valence-corrected chi connectivity index (χ4v) is 10.5. The van der Waals surface area contributed by atoms with Gasteiger partial charge in [0.25, 0.3) is 40.5 Å². The summed E-state index contributed by atoms with van der Waals surface area (Å²) in [5, 5.41) is 9.08. The second-order valence-corrected chi connectivity index (χ2v) is 21.6. The van der Waals surface area contributed by atoms with E-state index < -0.39 is 72.0 Å². The number of unbranched alkanes of at least 4 members (excludes halogenated alkanes) is 2. The van der Waals surface area contributed by atoms with E-state index in [9.17, 15) is 56.7 Å². The van der Waals surface area contributed by atoms with Gasteiger partial charge in [0.15, 0.2) is 0 Å². The number of hydrogen-bond donors (Lipinski definition) is 5. The van der Waals surface area contributed by atoms with Crippen molar-refractivity contribution < 1.29 is 61.8 Å². The number of hydrogen-bond acceptors (Lipinski definition) is 11. The number of benzene rings is 4. The molecule has 6 rings (SSSR count). The number of aliphatic carboxylic acids is 1. The normalized spacial score (nSPS) is 18.4. The van der Waals surface area contributed by atoms with E-state index in [1.54, 1.807) is 49.1 Å². The fraction of sp³-hybridized carbons (Fsp3) is 0.293. The first-order valence-electron chi connectivity index (χ1n) is 18.7. The van der Waals surface area contributed by atoms with Crippen molar-refractivity contribution in [2.24, 2.45) is 0 Å². The zero-order valence-electron chi connectivity index (χ0n) is 33.3. The van der Waals surface area contributed by atoms with Crippen LogP contribution in [0.4, 0.5) is 17.1 Å². The standard InChI is InChI=1S/C41H44N2O14S4/c1-40(2)32-24-29(60(52,53)54)18-20-33(32)42(21-10-6-9-16-38(44)45)36(40)14-7-5-8-15-37-41(3,4)39-30-19-17-28(59(49,50)51)23-31(30)35(61(55,56)57)25-34(39)43(37)26-12-11-13-27(22-26)58(46,47)48/h5,7-8,11-15,17-20,22-25,36H,6,9-10,16,21H2,1-4H3,(H,44,45)(H,46,47,48)(H,49,50,51)(H,52,53,54)(H,55,56,57)/b8-5+,14-7+,37-15+. The molecule has 0 saturated carbocycles. The third kappa shape index (κ3) is 9.03. The topological polar surface area (TPSA) is 261 Å². The lowest BCUT2D eigenvalue weighted by Gasteiger charge is -2.32. The van der Waals surface area contributed by atoms with Crippen molar-refractivity contribution in [1.29, 1.82) is 0 Å². The Morgan fingerprint density at radius 2 is 1.30 bits per heavy atom. The third-order valence-electron chi connectivity index (χ3n) is 11.2. The third-order valence-corrected chi connectivity index (χ3v) is 14.6. The molecule has 0 bridgehead atoms. The summed E-state index contributed by atoms with van der Waals surface area (Å²) >= 11 is 0. The van der Waals surface area contributed by atoms with Crippen molar-refractivity contribution in [3.05, 3.63) is 114 Å². The highest BCUT2D eigenvalue weighted by molar-refractivity contribution is 7.86. The predicted octanol–water partition coefficient (Wildman–Crippen LogP) is 7.06. The maximum atomic E-state index is 12.9. The Labute approximate surface area is 354 Å². The van der Waals surface area contributed by atoms with Gasteiger partial charge in [-0.15, -0.1) is 0 Å². The monoisotopic (exact) mass is 916 g/mol. The first-order chi connectivity index (χ1) is 28.1. The molecule has 61 heavy (non-hydrogen) atoms. The van der Waals surface area contributed by atoms with Crippen LogP contribution in [-0.2, 0) is 56.1 Å². The summed E-state index contributed by atoms with van der Waals surface area (Å²) in [6.45, 7) is 7.98. The number of carbonyl (C=O) groups is 1. The number of anilines is 3. The van der Waals surface area contributed by atoms with Gasteiger partial charge in [0, 0.05) is 46.3 Å². The van der Waals surface area contributed by atoms with Crippen molar-refractivity contribution in [2.45, 2.75) is 89.8 Å². The van der Waals surface area contributed by atoms with E-state index in [-0.39, 0.29) is 39.5 Å². The van der Waals surface area contributed by atoms with E-state index in [1.165, 1.54) is 42.5 Å². The van der Waals surface area contributed by atoms with Crippen LogP contribution in [0.25, 0.3) is 10.8 Å². The van der Waals surface area contributed by atoms with Gasteiger partial charge in [0.05, 0.1) is 26.4 Å². The van der Waals surface area contributed by atoms with E-state index in [0.717, 1.165) is 23.9 Å². The minimum Gasteiger partial charge on any atom is -0.481 e. The van der Waals surface area contributed by atoms with E-state index in [1.807, 2.05) is 19.9 Å². The van der Waals surface area contributed by atoms with Crippen molar-refractivity contribution in [1.82, 2.24) is 0 Å². The Balaban J connectivity index is 1.46. The number of allylic oxidation sites excluding steroid dienone is 5. The smallest absolute Gasteiger partial charge is 0.303 e. The van der Waals surface area contributed by atoms with Gasteiger partial charge in [-0.25, -0.2) is 0 Å². The van der Waals surface area contributed by atoms with Gasteiger partial charge in [-0.3, -0.25) is 23.0 Å². The molecule has 20 heteroatoms. The van der Waals surface area contributed by atoms with E-state index >= 15 is 0 Å². The molecule has 0 aromatic heterocycles. The Kier molecular flexibility index (Phi) is 12.0. The molecule has 4 aromatic rings. The highest BCUT2D eigenvalue weighted by atomic mass is 32.2. The van der Waals surface area contributed by atoms with E-state index in [2.05, 4.69) is 4.90 Å². The van der Waals surface area contributed by atoms with Crippen molar-refractivity contribution >= 4 is 74.3 Å². The minimum atomic E-state index is -5.05. The van der Waals surface area contributed by atoms with E-state index in [0.29, 0.717) is 42.6 Å². The molecule has 0 saturated heterocycles. The lowest BCUT2D eigenvalue weighted by molar-refractivity contribution is -0.137. The largest absolute Gasteiger partial charge is 0.481 e. The number of carboxylic acids is 1. The van der Waals surface area contributed by atoms with Crippen LogP contribution in [0.5, 0.6) is 0 Å². The van der Waals surface area contributed by atoms with Gasteiger partial charge in [0.2, 0.25) is 0 Å². The van der Waals surface area contributed by atoms with Crippen LogP contribution >= 0.6 is 0 Å². The Morgan fingerprint density at radius 1 is 0.672 bits per heavy atom. The summed E-state index contributed by atoms with van der Waals surface area (Å²) in [4.78, 5) is 12.7.